The number of hydrogen-bond donors (Lipinski definition) is 0. The van der Waals surface area contributed by atoms with Crippen LogP contribution in [-0.4, -0.2) is 0 Å². The van der Waals surface area contributed by atoms with Gasteiger partial charge in [-0.05, 0) is 18.6 Å². The van der Waals surface area contributed by atoms with Crippen molar-refractivity contribution in [1.82, 2.24) is 0 Å². The highest BCUT2D eigenvalue weighted by Crippen LogP contribution is 1.83. The second kappa shape index (κ2) is 7.02. The standard InChI is InChI=1S/C8H12O/c1-3-5-7-9-8-6-4-2/h3,5-8H,1,4H2,2H3/b7-5+,8-6+. The molecule has 0 bridgehead atoms. The molecule has 0 aliphatic rings. The Balaban J connectivity index is 3.17. The van der Waals surface area contributed by atoms with Gasteiger partial charge in [0.2, 0.25) is 0 Å². The van der Waals surface area contributed by atoms with E-state index >= 15 is 0 Å². The summed E-state index contributed by atoms with van der Waals surface area (Å²) in [5.41, 5.74) is 0. The number of hydrogen-bond acceptors (Lipinski definition) is 1. The van der Waals surface area contributed by atoms with E-state index in [0.29, 0.717) is 0 Å². The average molecular weight is 124 g/mol. The van der Waals surface area contributed by atoms with Gasteiger partial charge in [-0.1, -0.05) is 19.6 Å². The van der Waals surface area contributed by atoms with Gasteiger partial charge in [0.25, 0.3) is 0 Å². The first kappa shape index (κ1) is 8.02. The SMILES string of the molecule is C=C/C=C/O/C=C/CC. The van der Waals surface area contributed by atoms with Crippen molar-refractivity contribution in [3.8, 4) is 0 Å². The molecule has 0 fully saturated rings. The Morgan fingerprint density at radius 2 is 2.22 bits per heavy atom. The molecule has 0 spiro atoms. The zero-order chi connectivity index (χ0) is 6.95. The van der Waals surface area contributed by atoms with Gasteiger partial charge in [0.1, 0.15) is 0 Å². The molecule has 0 atom stereocenters. The maximum Gasteiger partial charge on any atom is 0.0901 e. The van der Waals surface area contributed by atoms with Crippen LogP contribution in [0.15, 0.2) is 37.3 Å². The molecule has 1 nitrogen and oxygen atoms in total. The fourth-order valence-electron chi connectivity index (χ4n) is 0.298. The Labute approximate surface area is 56.3 Å². The summed E-state index contributed by atoms with van der Waals surface area (Å²) >= 11 is 0. The van der Waals surface area contributed by atoms with E-state index in [1.54, 1.807) is 24.7 Å². The molecule has 0 aliphatic heterocycles. The minimum atomic E-state index is 1.00. The van der Waals surface area contributed by atoms with Gasteiger partial charge in [-0.15, -0.1) is 0 Å². The van der Waals surface area contributed by atoms with Crippen LogP contribution in [0.1, 0.15) is 13.3 Å². The monoisotopic (exact) mass is 124 g/mol. The van der Waals surface area contributed by atoms with Crippen molar-refractivity contribution in [2.75, 3.05) is 0 Å². The topological polar surface area (TPSA) is 9.23 Å². The van der Waals surface area contributed by atoms with Gasteiger partial charge in [-0.25, -0.2) is 0 Å². The van der Waals surface area contributed by atoms with Crippen LogP contribution < -0.4 is 0 Å². The summed E-state index contributed by atoms with van der Waals surface area (Å²) in [4.78, 5) is 0. The highest BCUT2D eigenvalue weighted by molar-refractivity contribution is 4.93. The Kier molecular flexibility index (Phi) is 6.26. The Morgan fingerprint density at radius 3 is 2.78 bits per heavy atom. The fraction of sp³-hybridized carbons (Fsp3) is 0.250. The van der Waals surface area contributed by atoms with Crippen LogP contribution >= 0.6 is 0 Å². The summed E-state index contributed by atoms with van der Waals surface area (Å²) in [7, 11) is 0. The van der Waals surface area contributed by atoms with Gasteiger partial charge in [-0.3, -0.25) is 0 Å². The third kappa shape index (κ3) is 7.02. The van der Waals surface area contributed by atoms with Gasteiger partial charge in [0.15, 0.2) is 0 Å². The zero-order valence-corrected chi connectivity index (χ0v) is 5.71. The van der Waals surface area contributed by atoms with Crippen molar-refractivity contribution in [3.05, 3.63) is 37.3 Å². The van der Waals surface area contributed by atoms with E-state index in [2.05, 4.69) is 13.5 Å². The molecule has 1 heteroatoms. The molecule has 0 aromatic carbocycles. The van der Waals surface area contributed by atoms with Gasteiger partial charge < -0.3 is 4.74 Å². The average Bonchev–Trinajstić information content (AvgIpc) is 1.89. The molecule has 50 valence electrons. The zero-order valence-electron chi connectivity index (χ0n) is 5.71. The quantitative estimate of drug-likeness (QED) is 0.413. The van der Waals surface area contributed by atoms with E-state index in [0.717, 1.165) is 6.42 Å². The Hall–Kier alpha value is -0.980. The van der Waals surface area contributed by atoms with Crippen LogP contribution in [0.2, 0.25) is 0 Å². The number of allylic oxidation sites excluding steroid dienone is 3. The summed E-state index contributed by atoms with van der Waals surface area (Å²) in [6, 6.07) is 0. The predicted octanol–water partition coefficient (Wildman–Crippen LogP) is 2.63. The van der Waals surface area contributed by atoms with Gasteiger partial charge in [0, 0.05) is 0 Å². The maximum atomic E-state index is 4.88. The molecule has 9 heavy (non-hydrogen) atoms. The van der Waals surface area contributed by atoms with Crippen LogP contribution in [-0.2, 0) is 4.74 Å². The lowest BCUT2D eigenvalue weighted by Gasteiger charge is -1.84. The summed E-state index contributed by atoms with van der Waals surface area (Å²) in [5, 5.41) is 0. The lowest BCUT2D eigenvalue weighted by molar-refractivity contribution is 0.401. The molecule has 0 radical (unpaired) electrons. The minimum absolute atomic E-state index is 1.00. The Bertz CT molecular complexity index is 112. The van der Waals surface area contributed by atoms with E-state index in [9.17, 15) is 0 Å². The van der Waals surface area contributed by atoms with Crippen LogP contribution in [0, 0.1) is 0 Å². The molecule has 0 unspecified atom stereocenters. The molecule has 0 aliphatic carbocycles. The highest BCUT2D eigenvalue weighted by Gasteiger charge is 1.64. The fourth-order valence-corrected chi connectivity index (χ4v) is 0.298. The lowest BCUT2D eigenvalue weighted by Crippen LogP contribution is -1.62. The largest absolute Gasteiger partial charge is 0.473 e. The first-order chi connectivity index (χ1) is 4.41. The molecule has 0 N–H and O–H groups in total. The number of ether oxygens (including phenoxy) is 1. The van der Waals surface area contributed by atoms with E-state index < -0.39 is 0 Å². The Morgan fingerprint density at radius 1 is 1.44 bits per heavy atom. The first-order valence-corrected chi connectivity index (χ1v) is 3.00. The van der Waals surface area contributed by atoms with Crippen LogP contribution in [0.3, 0.4) is 0 Å². The van der Waals surface area contributed by atoms with Crippen molar-refractivity contribution >= 4 is 0 Å². The van der Waals surface area contributed by atoms with Gasteiger partial charge in [0.05, 0.1) is 12.5 Å². The lowest BCUT2D eigenvalue weighted by atomic mass is 10.5. The smallest absolute Gasteiger partial charge is 0.0901 e. The third-order valence-corrected chi connectivity index (χ3v) is 0.704. The molecule has 0 aromatic heterocycles. The summed E-state index contributed by atoms with van der Waals surface area (Å²) < 4.78 is 4.88. The van der Waals surface area contributed by atoms with E-state index in [4.69, 9.17) is 4.74 Å². The summed E-state index contributed by atoms with van der Waals surface area (Å²) in [5.74, 6) is 0. The molecule has 0 amide bonds. The molecular weight excluding hydrogens is 112 g/mol. The van der Waals surface area contributed by atoms with Gasteiger partial charge in [-0.2, -0.15) is 0 Å². The van der Waals surface area contributed by atoms with Crippen molar-refractivity contribution in [1.29, 1.82) is 0 Å². The second-order valence-corrected chi connectivity index (χ2v) is 1.48. The van der Waals surface area contributed by atoms with Crippen LogP contribution in [0.5, 0.6) is 0 Å². The molecule has 0 aromatic rings. The second-order valence-electron chi connectivity index (χ2n) is 1.48. The van der Waals surface area contributed by atoms with E-state index in [-0.39, 0.29) is 0 Å². The summed E-state index contributed by atoms with van der Waals surface area (Å²) in [6.07, 6.45) is 9.58. The normalized spacial score (nSPS) is 10.8. The van der Waals surface area contributed by atoms with Crippen molar-refractivity contribution in [2.24, 2.45) is 0 Å². The van der Waals surface area contributed by atoms with Gasteiger partial charge >= 0.3 is 0 Å². The van der Waals surface area contributed by atoms with Crippen molar-refractivity contribution in [2.45, 2.75) is 13.3 Å². The van der Waals surface area contributed by atoms with Crippen LogP contribution in [0.4, 0.5) is 0 Å². The molecular formula is C8H12O. The highest BCUT2D eigenvalue weighted by atomic mass is 16.5. The molecule has 0 heterocycles. The number of rotatable bonds is 4. The molecule has 0 saturated carbocycles. The van der Waals surface area contributed by atoms with E-state index in [1.165, 1.54) is 0 Å². The maximum absolute atomic E-state index is 4.88. The predicted molar refractivity (Wildman–Crippen MR) is 39.9 cm³/mol. The molecule has 0 rings (SSSR count). The molecule has 0 saturated heterocycles. The minimum Gasteiger partial charge on any atom is -0.473 e. The van der Waals surface area contributed by atoms with Crippen molar-refractivity contribution in [3.63, 3.8) is 0 Å². The van der Waals surface area contributed by atoms with Crippen LogP contribution in [0.25, 0.3) is 0 Å². The first-order valence-electron chi connectivity index (χ1n) is 3.00. The summed E-state index contributed by atoms with van der Waals surface area (Å²) in [6.45, 7) is 5.54. The van der Waals surface area contributed by atoms with Crippen molar-refractivity contribution < 1.29 is 4.74 Å². The third-order valence-electron chi connectivity index (χ3n) is 0.704. The van der Waals surface area contributed by atoms with E-state index in [1.807, 2.05) is 6.08 Å².